The summed E-state index contributed by atoms with van der Waals surface area (Å²) in [6.45, 7) is -0.180. The van der Waals surface area contributed by atoms with Gasteiger partial charge in [0, 0.05) is 0 Å². The Hall–Kier alpha value is -3.65. The smallest absolute Gasteiger partial charge is 0.336 e. The van der Waals surface area contributed by atoms with E-state index < -0.39 is 11.2 Å². The topological polar surface area (TPSA) is 82.3 Å². The van der Waals surface area contributed by atoms with Crippen LogP contribution < -0.4 is 21.3 Å². The summed E-state index contributed by atoms with van der Waals surface area (Å²) in [6.07, 6.45) is 1.74. The van der Waals surface area contributed by atoms with Crippen molar-refractivity contribution < 1.29 is 9.53 Å². The van der Waals surface area contributed by atoms with Crippen LogP contribution in [0.5, 0.6) is 5.75 Å². The van der Waals surface area contributed by atoms with Gasteiger partial charge >= 0.3 is 5.69 Å². The number of rotatable bonds is 5. The monoisotopic (exact) mass is 447 g/mol. The molecule has 0 fully saturated rings. The fraction of sp³-hybridized carbons (Fsp3) is 0.208. The lowest BCUT2D eigenvalue weighted by molar-refractivity contribution is -0.122. The summed E-state index contributed by atoms with van der Waals surface area (Å²) in [5.41, 5.74) is 2.16. The minimum absolute atomic E-state index is 0.0764. The van der Waals surface area contributed by atoms with E-state index in [4.69, 9.17) is 4.74 Å². The molecule has 1 N–H and O–H groups in total. The maximum Gasteiger partial charge on any atom is 0.336 e. The van der Waals surface area contributed by atoms with Gasteiger partial charge in [0.15, 0.2) is 0 Å². The van der Waals surface area contributed by atoms with Crippen LogP contribution in [0.4, 0.5) is 0 Å². The number of hydrogen-bond acceptors (Lipinski definition) is 5. The molecule has 1 aliphatic rings. The Morgan fingerprint density at radius 3 is 2.75 bits per heavy atom. The lowest BCUT2D eigenvalue weighted by atomic mass is 10.1. The molecule has 4 aromatic rings. The number of ether oxygens (including phenoxy) is 1. The molecule has 162 valence electrons. The molecule has 1 amide bonds. The summed E-state index contributed by atoms with van der Waals surface area (Å²) < 4.78 is 8.21. The molecule has 0 saturated carbocycles. The van der Waals surface area contributed by atoms with Crippen molar-refractivity contribution in [1.82, 2.24) is 14.5 Å². The van der Waals surface area contributed by atoms with E-state index in [1.54, 1.807) is 35.7 Å². The van der Waals surface area contributed by atoms with Crippen LogP contribution in [0.1, 0.15) is 23.6 Å². The van der Waals surface area contributed by atoms with Crippen LogP contribution in [0.15, 0.2) is 69.6 Å². The van der Waals surface area contributed by atoms with Crippen molar-refractivity contribution in [2.24, 2.45) is 0 Å². The van der Waals surface area contributed by atoms with E-state index in [0.717, 1.165) is 23.0 Å². The van der Waals surface area contributed by atoms with E-state index in [1.807, 2.05) is 18.2 Å². The second-order valence-electron chi connectivity index (χ2n) is 7.67. The van der Waals surface area contributed by atoms with Gasteiger partial charge in [0.25, 0.3) is 5.56 Å². The van der Waals surface area contributed by atoms with Gasteiger partial charge in [-0.1, -0.05) is 36.4 Å². The number of nitrogens with one attached hydrogen (secondary N) is 1. The summed E-state index contributed by atoms with van der Waals surface area (Å²) in [6, 6.07) is 16.5. The zero-order valence-corrected chi connectivity index (χ0v) is 18.2. The summed E-state index contributed by atoms with van der Waals surface area (Å²) in [7, 11) is 1.49. The Kier molecular flexibility index (Phi) is 5.14. The number of aryl methyl sites for hydroxylation is 1. The first kappa shape index (κ1) is 20.3. The van der Waals surface area contributed by atoms with Crippen molar-refractivity contribution in [3.8, 4) is 11.4 Å². The average Bonchev–Trinajstić information content (AvgIpc) is 3.45. The van der Waals surface area contributed by atoms with Gasteiger partial charge in [0.2, 0.25) is 5.91 Å². The van der Waals surface area contributed by atoms with E-state index >= 15 is 0 Å². The van der Waals surface area contributed by atoms with Crippen LogP contribution in [0.3, 0.4) is 0 Å². The van der Waals surface area contributed by atoms with E-state index in [0.29, 0.717) is 21.7 Å². The molecule has 2 aromatic carbocycles. The molecule has 0 aliphatic heterocycles. The Balaban J connectivity index is 1.55. The number of carbonyl (C=O) groups excluding carboxylic acids is 1. The van der Waals surface area contributed by atoms with E-state index in [2.05, 4.69) is 11.4 Å². The zero-order chi connectivity index (χ0) is 22.2. The van der Waals surface area contributed by atoms with Crippen LogP contribution in [-0.4, -0.2) is 22.2 Å². The molecule has 0 radical (unpaired) electrons. The van der Waals surface area contributed by atoms with Crippen molar-refractivity contribution in [1.29, 1.82) is 0 Å². The van der Waals surface area contributed by atoms with Gasteiger partial charge in [-0.3, -0.25) is 14.2 Å². The molecule has 2 heterocycles. The number of aromatic nitrogens is 2. The minimum atomic E-state index is -0.577. The Morgan fingerprint density at radius 1 is 1.12 bits per heavy atom. The summed E-state index contributed by atoms with van der Waals surface area (Å²) in [5.74, 6) is 0.132. The number of nitrogens with zero attached hydrogens (tertiary/aromatic N) is 2. The summed E-state index contributed by atoms with van der Waals surface area (Å²) >= 11 is 1.24. The fourth-order valence-corrected chi connectivity index (χ4v) is 5.18. The maximum absolute atomic E-state index is 13.4. The Bertz CT molecular complexity index is 1450. The quantitative estimate of drug-likeness (QED) is 0.510. The largest absolute Gasteiger partial charge is 0.495 e. The summed E-state index contributed by atoms with van der Waals surface area (Å²) in [5, 5.41) is 4.81. The van der Waals surface area contributed by atoms with Gasteiger partial charge in [0.05, 0.1) is 24.4 Å². The number of thiophene rings is 1. The second-order valence-corrected chi connectivity index (χ2v) is 8.59. The predicted octanol–water partition coefficient (Wildman–Crippen LogP) is 3.03. The first-order chi connectivity index (χ1) is 15.6. The molecule has 0 spiro atoms. The van der Waals surface area contributed by atoms with E-state index in [-0.39, 0.29) is 18.5 Å². The third kappa shape index (κ3) is 3.33. The number of methoxy groups -OCH3 is 1. The number of fused-ring (bicyclic) bond motifs is 2. The molecule has 5 rings (SSSR count). The molecule has 8 heteroatoms. The van der Waals surface area contributed by atoms with Crippen molar-refractivity contribution in [2.75, 3.05) is 7.11 Å². The van der Waals surface area contributed by atoms with Gasteiger partial charge < -0.3 is 10.1 Å². The lowest BCUT2D eigenvalue weighted by Crippen LogP contribution is -2.42. The molecule has 1 atom stereocenters. The standard InChI is InChI=1S/C24H21N3O4S/c1-31-20-9-5-4-8-18(20)27-23(29)22-19(12-13-32-22)26(24(27)30)14-21(28)25-17-11-10-15-6-2-3-7-16(15)17/h2-9,12-13,17H,10-11,14H2,1H3,(H,25,28). The second kappa shape index (κ2) is 8.12. The number of benzene rings is 2. The fourth-order valence-electron chi connectivity index (χ4n) is 4.36. The predicted molar refractivity (Wildman–Crippen MR) is 124 cm³/mol. The Morgan fingerprint density at radius 2 is 1.91 bits per heavy atom. The van der Waals surface area contributed by atoms with E-state index in [9.17, 15) is 14.4 Å². The number of amides is 1. The Labute approximate surface area is 187 Å². The molecule has 1 aliphatic carbocycles. The highest BCUT2D eigenvalue weighted by atomic mass is 32.1. The highest BCUT2D eigenvalue weighted by Gasteiger charge is 2.25. The molecule has 0 saturated heterocycles. The molecular weight excluding hydrogens is 426 g/mol. The summed E-state index contributed by atoms with van der Waals surface area (Å²) in [4.78, 5) is 39.5. The molecule has 32 heavy (non-hydrogen) atoms. The maximum atomic E-state index is 13.4. The van der Waals surface area contributed by atoms with Gasteiger partial charge in [-0.2, -0.15) is 0 Å². The van der Waals surface area contributed by atoms with Gasteiger partial charge in [-0.25, -0.2) is 9.36 Å². The minimum Gasteiger partial charge on any atom is -0.495 e. The number of hydrogen-bond donors (Lipinski definition) is 1. The average molecular weight is 448 g/mol. The van der Waals surface area contributed by atoms with Crippen molar-refractivity contribution in [3.63, 3.8) is 0 Å². The van der Waals surface area contributed by atoms with Crippen molar-refractivity contribution >= 4 is 27.5 Å². The van der Waals surface area contributed by atoms with Crippen LogP contribution in [0, 0.1) is 0 Å². The first-order valence-electron chi connectivity index (χ1n) is 10.3. The van der Waals surface area contributed by atoms with Gasteiger partial charge in [-0.05, 0) is 47.5 Å². The zero-order valence-electron chi connectivity index (χ0n) is 17.4. The molecule has 7 nitrogen and oxygen atoms in total. The van der Waals surface area contributed by atoms with E-state index in [1.165, 1.54) is 28.6 Å². The normalized spacial score (nSPS) is 15.0. The highest BCUT2D eigenvalue weighted by Crippen LogP contribution is 2.30. The molecule has 2 aromatic heterocycles. The van der Waals surface area contributed by atoms with Crippen LogP contribution in [0.2, 0.25) is 0 Å². The molecular formula is C24H21N3O4S. The number of carbonyl (C=O) groups is 1. The lowest BCUT2D eigenvalue weighted by Gasteiger charge is -2.17. The first-order valence-corrected chi connectivity index (χ1v) is 11.2. The van der Waals surface area contributed by atoms with Crippen LogP contribution in [0.25, 0.3) is 15.9 Å². The number of para-hydroxylation sites is 2. The van der Waals surface area contributed by atoms with Crippen molar-refractivity contribution in [2.45, 2.75) is 25.4 Å². The van der Waals surface area contributed by atoms with Crippen LogP contribution >= 0.6 is 11.3 Å². The van der Waals surface area contributed by atoms with Crippen molar-refractivity contribution in [3.05, 3.63) is 91.9 Å². The molecule has 0 bridgehead atoms. The third-order valence-corrected chi connectivity index (χ3v) is 6.74. The molecule has 1 unspecified atom stereocenters. The third-order valence-electron chi connectivity index (χ3n) is 5.85. The highest BCUT2D eigenvalue weighted by molar-refractivity contribution is 7.17. The van der Waals surface area contributed by atoms with Gasteiger partial charge in [-0.15, -0.1) is 11.3 Å². The van der Waals surface area contributed by atoms with Gasteiger partial charge in [0.1, 0.15) is 17.0 Å². The SMILES string of the molecule is COc1ccccc1-n1c(=O)c2sccc2n(CC(=O)NC2CCc3ccccc32)c1=O. The van der Waals surface area contributed by atoms with Crippen LogP contribution in [-0.2, 0) is 17.8 Å².